The van der Waals surface area contributed by atoms with Crippen molar-refractivity contribution in [1.29, 1.82) is 0 Å². The summed E-state index contributed by atoms with van der Waals surface area (Å²) in [5.41, 5.74) is 4.42. The summed E-state index contributed by atoms with van der Waals surface area (Å²) < 4.78 is 5.73. The predicted octanol–water partition coefficient (Wildman–Crippen LogP) is 7.42. The van der Waals surface area contributed by atoms with Crippen LogP contribution in [0.25, 0.3) is 32.7 Å². The Balaban J connectivity index is 1.18. The zero-order valence-electron chi connectivity index (χ0n) is 24.3. The molecule has 7 heteroatoms. The number of amides is 1. The third kappa shape index (κ3) is 5.52. The summed E-state index contributed by atoms with van der Waals surface area (Å²) >= 11 is 6.50. The van der Waals surface area contributed by atoms with Crippen LogP contribution in [0.15, 0.2) is 133 Å². The monoisotopic (exact) mass is 627 g/mol. The van der Waals surface area contributed by atoms with Gasteiger partial charge in [0.2, 0.25) is 0 Å². The average Bonchev–Trinajstić information content (AvgIpc) is 3.40. The lowest BCUT2D eigenvalue weighted by Gasteiger charge is -2.27. The Bertz CT molecular complexity index is 2020. The summed E-state index contributed by atoms with van der Waals surface area (Å²) in [4.78, 5) is 25.9. The minimum Gasteiger partial charge on any atom is -0.480 e. The van der Waals surface area contributed by atoms with E-state index in [0.717, 1.165) is 54.4 Å². The molecule has 1 aliphatic rings. The van der Waals surface area contributed by atoms with Gasteiger partial charge in [-0.15, -0.1) is 0 Å². The molecule has 0 aliphatic heterocycles. The van der Waals surface area contributed by atoms with Gasteiger partial charge in [-0.1, -0.05) is 133 Å². The quantitative estimate of drug-likeness (QED) is 0.172. The van der Waals surface area contributed by atoms with Gasteiger partial charge in [0.25, 0.3) is 0 Å². The number of rotatable bonds is 8. The lowest BCUT2D eigenvalue weighted by molar-refractivity contribution is -0.138. The molecule has 0 heterocycles. The van der Waals surface area contributed by atoms with Gasteiger partial charge in [-0.2, -0.15) is 0 Å². The van der Waals surface area contributed by atoms with Crippen LogP contribution in [0.1, 0.15) is 17.0 Å². The van der Waals surface area contributed by atoms with E-state index in [1.165, 1.54) is 0 Å². The number of carboxylic acid groups (broad SMARTS) is 1. The second-order valence-corrected chi connectivity index (χ2v) is 16.1. The third-order valence-corrected chi connectivity index (χ3v) is 13.5. The maximum Gasteiger partial charge on any atom is 0.407 e. The van der Waals surface area contributed by atoms with Gasteiger partial charge in [-0.05, 0) is 66.5 Å². The maximum absolute atomic E-state index is 13.2. The fraction of sp³-hybridized carbons (Fsp3) is 0.105. The summed E-state index contributed by atoms with van der Waals surface area (Å²) in [7, 11) is 0. The predicted molar refractivity (Wildman–Crippen MR) is 186 cm³/mol. The molecule has 1 aliphatic carbocycles. The van der Waals surface area contributed by atoms with Crippen molar-refractivity contribution >= 4 is 62.1 Å². The highest BCUT2D eigenvalue weighted by atomic mass is 32.4. The first-order valence-electron chi connectivity index (χ1n) is 14.8. The molecule has 1 atom stereocenters. The molecule has 6 aromatic rings. The smallest absolute Gasteiger partial charge is 0.407 e. The number of ether oxygens (including phenoxy) is 1. The number of carbonyl (C=O) groups excluding carboxylic acids is 1. The van der Waals surface area contributed by atoms with Gasteiger partial charge < -0.3 is 15.2 Å². The normalized spacial score (nSPS) is 13.2. The van der Waals surface area contributed by atoms with E-state index in [1.807, 2.05) is 109 Å². The molecular formula is C38H30NO4PS. The SMILES string of the molecule is O=C(N[C@H](CP(=S)(c1ccc2ccccc2c1)c1ccc2ccccc2c1)C(=O)O)OCC1c2ccccc2-c2ccccc21. The Labute approximate surface area is 266 Å². The van der Waals surface area contributed by atoms with Crippen LogP contribution in [0.3, 0.4) is 0 Å². The minimum atomic E-state index is -2.74. The van der Waals surface area contributed by atoms with Crippen LogP contribution in [0, 0.1) is 0 Å². The second kappa shape index (κ2) is 12.0. The van der Waals surface area contributed by atoms with E-state index in [9.17, 15) is 14.7 Å². The number of carboxylic acids is 1. The summed E-state index contributed by atoms with van der Waals surface area (Å²) in [5.74, 6) is -1.29. The summed E-state index contributed by atoms with van der Waals surface area (Å²) in [6.07, 6.45) is -0.721. The first-order chi connectivity index (χ1) is 21.9. The van der Waals surface area contributed by atoms with Crippen molar-refractivity contribution < 1.29 is 19.4 Å². The van der Waals surface area contributed by atoms with Crippen molar-refractivity contribution in [2.24, 2.45) is 0 Å². The number of alkyl carbamates (subject to hydrolysis) is 1. The molecule has 0 saturated carbocycles. The Morgan fingerprint density at radius 2 is 1.16 bits per heavy atom. The van der Waals surface area contributed by atoms with Crippen LogP contribution in [-0.4, -0.2) is 36.0 Å². The van der Waals surface area contributed by atoms with Crippen molar-refractivity contribution in [3.63, 3.8) is 0 Å². The molecule has 222 valence electrons. The van der Waals surface area contributed by atoms with Gasteiger partial charge in [0.1, 0.15) is 12.6 Å². The fourth-order valence-corrected chi connectivity index (χ4v) is 10.3. The van der Waals surface area contributed by atoms with E-state index in [1.54, 1.807) is 0 Å². The topological polar surface area (TPSA) is 75.6 Å². The molecule has 45 heavy (non-hydrogen) atoms. The van der Waals surface area contributed by atoms with Crippen LogP contribution in [0.2, 0.25) is 0 Å². The molecule has 0 unspecified atom stereocenters. The van der Waals surface area contributed by atoms with Gasteiger partial charge >= 0.3 is 12.1 Å². The summed E-state index contributed by atoms with van der Waals surface area (Å²) in [5, 5.41) is 19.0. The van der Waals surface area contributed by atoms with Crippen LogP contribution in [0.5, 0.6) is 0 Å². The number of fused-ring (bicyclic) bond motifs is 5. The zero-order chi connectivity index (χ0) is 31.0. The molecule has 1 amide bonds. The minimum absolute atomic E-state index is 0.0541. The van der Waals surface area contributed by atoms with Gasteiger partial charge in [0.15, 0.2) is 0 Å². The van der Waals surface area contributed by atoms with Gasteiger partial charge in [0.05, 0.1) is 0 Å². The highest BCUT2D eigenvalue weighted by Gasteiger charge is 2.33. The van der Waals surface area contributed by atoms with Crippen molar-refractivity contribution in [2.45, 2.75) is 12.0 Å². The number of hydrogen-bond acceptors (Lipinski definition) is 4. The van der Waals surface area contributed by atoms with Crippen molar-refractivity contribution in [2.75, 3.05) is 12.8 Å². The average molecular weight is 628 g/mol. The van der Waals surface area contributed by atoms with Gasteiger partial charge in [-0.3, -0.25) is 0 Å². The Kier molecular flexibility index (Phi) is 7.70. The molecule has 0 radical (unpaired) electrons. The van der Waals surface area contributed by atoms with Crippen LogP contribution in [-0.2, 0) is 21.3 Å². The maximum atomic E-state index is 13.2. The molecule has 7 rings (SSSR count). The van der Waals surface area contributed by atoms with Gasteiger partial charge in [-0.25, -0.2) is 9.59 Å². The molecule has 0 saturated heterocycles. The van der Waals surface area contributed by atoms with E-state index in [-0.39, 0.29) is 18.7 Å². The first kappa shape index (κ1) is 29.0. The zero-order valence-corrected chi connectivity index (χ0v) is 26.0. The number of nitrogens with one attached hydrogen (secondary N) is 1. The molecule has 5 nitrogen and oxygen atoms in total. The van der Waals surface area contributed by atoms with E-state index in [4.69, 9.17) is 16.5 Å². The van der Waals surface area contributed by atoms with Crippen molar-refractivity contribution in [1.82, 2.24) is 5.32 Å². The van der Waals surface area contributed by atoms with E-state index in [0.29, 0.717) is 0 Å². The molecule has 0 aromatic heterocycles. The van der Waals surface area contributed by atoms with Crippen LogP contribution < -0.4 is 15.9 Å². The van der Waals surface area contributed by atoms with Crippen molar-refractivity contribution in [3.8, 4) is 11.1 Å². The molecule has 0 spiro atoms. The standard InChI is InChI=1S/C38H30NO4PS/c40-37(41)36(39-38(42)43-23-35-33-15-7-5-13-31(33)32-14-6-8-16-34(32)35)24-44(45,29-19-17-25-9-1-3-11-27(25)21-29)30-20-18-26-10-2-4-12-28(26)22-30/h1-22,35-36H,23-24H2,(H,39,42)(H,40,41)/t36-/m1/s1. The molecule has 0 fully saturated rings. The van der Waals surface area contributed by atoms with Crippen LogP contribution in [0.4, 0.5) is 4.79 Å². The molecular weight excluding hydrogens is 597 g/mol. The third-order valence-electron chi connectivity index (χ3n) is 8.67. The van der Waals surface area contributed by atoms with E-state index >= 15 is 0 Å². The lowest BCUT2D eigenvalue weighted by Crippen LogP contribution is -2.45. The second-order valence-electron chi connectivity index (χ2n) is 11.3. The molecule has 6 aromatic carbocycles. The number of hydrogen-bond donors (Lipinski definition) is 2. The Morgan fingerprint density at radius 3 is 1.67 bits per heavy atom. The summed E-state index contributed by atoms with van der Waals surface area (Å²) in [6, 6.07) is 40.5. The molecule has 0 bridgehead atoms. The highest BCUT2D eigenvalue weighted by Crippen LogP contribution is 2.46. The van der Waals surface area contributed by atoms with Gasteiger partial charge in [0, 0.05) is 18.1 Å². The van der Waals surface area contributed by atoms with Crippen LogP contribution >= 0.6 is 6.04 Å². The number of benzene rings is 6. The Morgan fingerprint density at radius 1 is 0.689 bits per heavy atom. The van der Waals surface area contributed by atoms with E-state index < -0.39 is 24.1 Å². The number of carbonyl (C=O) groups is 2. The summed E-state index contributed by atoms with van der Waals surface area (Å²) in [6.45, 7) is 0.0930. The number of aliphatic carboxylic acids is 1. The van der Waals surface area contributed by atoms with E-state index in [2.05, 4.69) is 29.6 Å². The molecule has 2 N–H and O–H groups in total. The lowest BCUT2D eigenvalue weighted by atomic mass is 9.98. The largest absolute Gasteiger partial charge is 0.480 e. The Hall–Kier alpha value is -4.77. The first-order valence-corrected chi connectivity index (χ1v) is 17.8. The fourth-order valence-electron chi connectivity index (χ4n) is 6.39. The van der Waals surface area contributed by atoms with Crippen molar-refractivity contribution in [3.05, 3.63) is 145 Å². The highest BCUT2D eigenvalue weighted by molar-refractivity contribution is 8.22.